The minimum Gasteiger partial charge on any atom is -0.391 e. The van der Waals surface area contributed by atoms with E-state index in [9.17, 15) is 9.67 Å². The van der Waals surface area contributed by atoms with Crippen molar-refractivity contribution < 1.29 is 24.2 Å². The summed E-state index contributed by atoms with van der Waals surface area (Å²) in [5.41, 5.74) is 6.63. The van der Waals surface area contributed by atoms with Gasteiger partial charge in [-0.05, 0) is 13.3 Å². The van der Waals surface area contributed by atoms with E-state index in [1.54, 1.807) is 11.5 Å². The molecule has 2 aromatic rings. The van der Waals surface area contributed by atoms with Gasteiger partial charge in [0.05, 0.1) is 18.5 Å². The lowest BCUT2D eigenvalue weighted by molar-refractivity contribution is 0.0898. The van der Waals surface area contributed by atoms with Crippen molar-refractivity contribution >= 4 is 24.6 Å². The van der Waals surface area contributed by atoms with Crippen LogP contribution >= 0.6 is 7.60 Å². The molecule has 5 N–H and O–H groups in total. The molecule has 0 aliphatic heterocycles. The number of aliphatic hydroxyl groups excluding tert-OH is 1. The fourth-order valence-corrected chi connectivity index (χ4v) is 2.48. The second-order valence-corrected chi connectivity index (χ2v) is 6.47. The number of hydrogen-bond donors (Lipinski definition) is 4. The summed E-state index contributed by atoms with van der Waals surface area (Å²) in [6.07, 6.45) is 1.73. The maximum absolute atomic E-state index is 10.7. The minimum atomic E-state index is -4.20. The van der Waals surface area contributed by atoms with Crippen molar-refractivity contribution in [3.8, 4) is 0 Å². The molecule has 0 fully saturated rings. The SMILES string of the molecule is CC(O)C(CCOCP(=O)(O)O)n1cnc2c(N)ncnc21. The lowest BCUT2D eigenvalue weighted by Crippen LogP contribution is -2.23. The number of aliphatic hydroxyl groups is 1. The quantitative estimate of drug-likeness (QED) is 0.401. The molecule has 0 aliphatic rings. The van der Waals surface area contributed by atoms with Gasteiger partial charge < -0.3 is 29.9 Å². The van der Waals surface area contributed by atoms with Gasteiger partial charge in [-0.2, -0.15) is 0 Å². The highest BCUT2D eigenvalue weighted by Crippen LogP contribution is 2.34. The zero-order valence-corrected chi connectivity index (χ0v) is 12.8. The summed E-state index contributed by atoms with van der Waals surface area (Å²) in [6, 6.07) is -0.420. The van der Waals surface area contributed by atoms with Gasteiger partial charge in [-0.25, -0.2) is 15.0 Å². The second kappa shape index (κ2) is 6.67. The van der Waals surface area contributed by atoms with Crippen LogP contribution in [0, 0.1) is 0 Å². The molecule has 2 unspecified atom stereocenters. The Bertz CT molecular complexity index is 685. The Hall–Kier alpha value is -1.58. The van der Waals surface area contributed by atoms with Gasteiger partial charge in [-0.15, -0.1) is 0 Å². The predicted molar refractivity (Wildman–Crippen MR) is 77.9 cm³/mol. The fourth-order valence-electron chi connectivity index (χ4n) is 2.11. The van der Waals surface area contributed by atoms with Crippen LogP contribution in [0.2, 0.25) is 0 Å². The van der Waals surface area contributed by atoms with Crippen LogP contribution < -0.4 is 5.73 Å². The summed E-state index contributed by atoms with van der Waals surface area (Å²) >= 11 is 0. The molecule has 0 saturated heterocycles. The molecule has 2 rings (SSSR count). The number of anilines is 1. The van der Waals surface area contributed by atoms with Gasteiger partial charge in [0.25, 0.3) is 0 Å². The Kier molecular flexibility index (Phi) is 5.09. The van der Waals surface area contributed by atoms with Crippen molar-refractivity contribution in [2.75, 3.05) is 18.7 Å². The van der Waals surface area contributed by atoms with Gasteiger partial charge >= 0.3 is 7.60 Å². The Morgan fingerprint density at radius 2 is 2.14 bits per heavy atom. The van der Waals surface area contributed by atoms with E-state index in [-0.39, 0.29) is 12.4 Å². The number of nitrogens with two attached hydrogens (primary N) is 1. The molecule has 11 heteroatoms. The lowest BCUT2D eigenvalue weighted by Gasteiger charge is -2.21. The van der Waals surface area contributed by atoms with Gasteiger partial charge in [0, 0.05) is 6.61 Å². The molecule has 22 heavy (non-hydrogen) atoms. The van der Waals surface area contributed by atoms with E-state index in [2.05, 4.69) is 15.0 Å². The molecule has 0 spiro atoms. The molecule has 0 saturated carbocycles. The molecule has 0 amide bonds. The second-order valence-electron chi connectivity index (χ2n) is 4.88. The van der Waals surface area contributed by atoms with Crippen molar-refractivity contribution in [3.63, 3.8) is 0 Å². The summed E-state index contributed by atoms with van der Waals surface area (Å²) in [5.74, 6) is 0.242. The van der Waals surface area contributed by atoms with Crippen LogP contribution in [0.5, 0.6) is 0 Å². The predicted octanol–water partition coefficient (Wildman–Crippen LogP) is -0.128. The van der Waals surface area contributed by atoms with Gasteiger partial charge in [0.2, 0.25) is 0 Å². The molecular weight excluding hydrogens is 313 g/mol. The largest absolute Gasteiger partial charge is 0.391 e. The van der Waals surface area contributed by atoms with Crippen LogP contribution in [0.3, 0.4) is 0 Å². The Balaban J connectivity index is 2.13. The molecular formula is C11H18N5O5P. The smallest absolute Gasteiger partial charge is 0.350 e. The van der Waals surface area contributed by atoms with Crippen molar-refractivity contribution in [1.29, 1.82) is 0 Å². The van der Waals surface area contributed by atoms with Crippen LogP contribution in [0.1, 0.15) is 19.4 Å². The number of imidazole rings is 1. The zero-order valence-electron chi connectivity index (χ0n) is 11.9. The summed E-state index contributed by atoms with van der Waals surface area (Å²) in [6.45, 7) is 1.67. The van der Waals surface area contributed by atoms with E-state index >= 15 is 0 Å². The summed E-state index contributed by atoms with van der Waals surface area (Å²) in [7, 11) is -4.20. The molecule has 2 aromatic heterocycles. The number of ether oxygens (including phenoxy) is 1. The van der Waals surface area contributed by atoms with E-state index in [1.165, 1.54) is 12.7 Å². The topological polar surface area (TPSA) is 157 Å². The number of nitrogens with zero attached hydrogens (tertiary/aromatic N) is 4. The van der Waals surface area contributed by atoms with Gasteiger partial charge in [-0.3, -0.25) is 4.57 Å². The number of hydrogen-bond acceptors (Lipinski definition) is 7. The van der Waals surface area contributed by atoms with Crippen LogP contribution in [0.25, 0.3) is 11.2 Å². The van der Waals surface area contributed by atoms with E-state index < -0.39 is 26.1 Å². The summed E-state index contributed by atoms with van der Waals surface area (Å²) in [5, 5.41) is 9.94. The van der Waals surface area contributed by atoms with Crippen molar-refractivity contribution in [2.45, 2.75) is 25.5 Å². The molecule has 0 aromatic carbocycles. The van der Waals surface area contributed by atoms with Crippen LogP contribution in [0.4, 0.5) is 5.82 Å². The Morgan fingerprint density at radius 1 is 1.41 bits per heavy atom. The third-order valence-electron chi connectivity index (χ3n) is 3.12. The highest BCUT2D eigenvalue weighted by Gasteiger charge is 2.21. The molecule has 0 aliphatic carbocycles. The number of rotatable bonds is 7. The van der Waals surface area contributed by atoms with Gasteiger partial charge in [-0.1, -0.05) is 0 Å². The van der Waals surface area contributed by atoms with Crippen LogP contribution in [-0.4, -0.2) is 53.5 Å². The summed E-state index contributed by atoms with van der Waals surface area (Å²) in [4.78, 5) is 29.6. The van der Waals surface area contributed by atoms with Crippen molar-refractivity contribution in [1.82, 2.24) is 19.5 Å². The molecule has 2 atom stereocenters. The average molecular weight is 331 g/mol. The van der Waals surface area contributed by atoms with E-state index in [0.717, 1.165) is 0 Å². The first-order valence-corrected chi connectivity index (χ1v) is 8.32. The standard InChI is InChI=1S/C11H18N5O5P/c1-7(17)8(2-3-21-6-22(18,19)20)16-5-15-9-10(12)13-4-14-11(9)16/h4-5,7-8,17H,2-3,6H2,1H3,(H2,12,13,14)(H2,18,19,20). The highest BCUT2D eigenvalue weighted by atomic mass is 31.2. The van der Waals surface area contributed by atoms with Crippen molar-refractivity contribution in [2.24, 2.45) is 0 Å². The third-order valence-corrected chi connectivity index (χ3v) is 3.64. The maximum atomic E-state index is 10.7. The minimum absolute atomic E-state index is 0.0704. The third kappa shape index (κ3) is 3.99. The Labute approximate surface area is 126 Å². The number of fused-ring (bicyclic) bond motifs is 1. The maximum Gasteiger partial charge on any atom is 0.350 e. The number of aromatic nitrogens is 4. The lowest BCUT2D eigenvalue weighted by atomic mass is 10.1. The summed E-state index contributed by atoms with van der Waals surface area (Å²) < 4.78 is 17.3. The van der Waals surface area contributed by atoms with Crippen LogP contribution in [0.15, 0.2) is 12.7 Å². The molecule has 122 valence electrons. The Morgan fingerprint density at radius 3 is 2.77 bits per heavy atom. The normalized spacial score (nSPS) is 15.1. The fraction of sp³-hybridized carbons (Fsp3) is 0.545. The molecule has 2 heterocycles. The van der Waals surface area contributed by atoms with Crippen molar-refractivity contribution in [3.05, 3.63) is 12.7 Å². The molecule has 0 radical (unpaired) electrons. The highest BCUT2D eigenvalue weighted by molar-refractivity contribution is 7.51. The average Bonchev–Trinajstić information content (AvgIpc) is 2.82. The zero-order chi connectivity index (χ0) is 16.3. The first-order chi connectivity index (χ1) is 10.3. The monoisotopic (exact) mass is 331 g/mol. The van der Waals surface area contributed by atoms with Gasteiger partial charge in [0.15, 0.2) is 11.5 Å². The first-order valence-electron chi connectivity index (χ1n) is 6.53. The van der Waals surface area contributed by atoms with Crippen LogP contribution in [-0.2, 0) is 9.30 Å². The van der Waals surface area contributed by atoms with E-state index in [4.69, 9.17) is 20.3 Å². The molecule has 10 nitrogen and oxygen atoms in total. The van der Waals surface area contributed by atoms with Gasteiger partial charge in [0.1, 0.15) is 18.2 Å². The van der Waals surface area contributed by atoms with E-state index in [1.807, 2.05) is 0 Å². The molecule has 0 bridgehead atoms. The first kappa shape index (κ1) is 16.8. The van der Waals surface area contributed by atoms with E-state index in [0.29, 0.717) is 17.6 Å². The number of nitrogen functional groups attached to an aromatic ring is 1.